The van der Waals surface area contributed by atoms with Gasteiger partial charge in [-0.1, -0.05) is 13.3 Å². The van der Waals surface area contributed by atoms with E-state index in [0.29, 0.717) is 6.42 Å². The molecular formula is C12H21Cl2N3O. The van der Waals surface area contributed by atoms with Crippen LogP contribution in [0.3, 0.4) is 0 Å². The minimum absolute atomic E-state index is 0. The van der Waals surface area contributed by atoms with Gasteiger partial charge in [-0.05, 0) is 31.9 Å². The second-order valence-electron chi connectivity index (χ2n) is 4.31. The van der Waals surface area contributed by atoms with E-state index in [2.05, 4.69) is 10.3 Å². The Hall–Kier alpha value is -0.840. The third kappa shape index (κ3) is 5.21. The number of hydrogen-bond donors (Lipinski definition) is 2. The molecule has 104 valence electrons. The maximum absolute atomic E-state index is 11.9. The molecule has 0 bridgehead atoms. The van der Waals surface area contributed by atoms with Gasteiger partial charge in [0.15, 0.2) is 0 Å². The number of carbonyl (C=O) groups is 1. The van der Waals surface area contributed by atoms with Crippen molar-refractivity contribution in [2.24, 2.45) is 5.73 Å². The normalized spacial score (nSPS) is 12.7. The van der Waals surface area contributed by atoms with Gasteiger partial charge in [0.1, 0.15) is 0 Å². The van der Waals surface area contributed by atoms with Crippen molar-refractivity contribution < 1.29 is 4.79 Å². The Bertz CT molecular complexity index is 383. The summed E-state index contributed by atoms with van der Waals surface area (Å²) in [4.78, 5) is 15.9. The average molecular weight is 294 g/mol. The molecule has 0 aromatic carbocycles. The largest absolute Gasteiger partial charge is 0.323 e. The number of rotatable bonds is 4. The number of hydrogen-bond acceptors (Lipinski definition) is 3. The number of nitrogens with one attached hydrogen (secondary N) is 1. The van der Waals surface area contributed by atoms with Gasteiger partial charge in [-0.3, -0.25) is 9.78 Å². The Morgan fingerprint density at radius 2 is 2.11 bits per heavy atom. The van der Waals surface area contributed by atoms with E-state index in [1.165, 1.54) is 0 Å². The van der Waals surface area contributed by atoms with Gasteiger partial charge in [0, 0.05) is 6.20 Å². The van der Waals surface area contributed by atoms with E-state index in [9.17, 15) is 4.79 Å². The van der Waals surface area contributed by atoms with Gasteiger partial charge >= 0.3 is 0 Å². The SMILES string of the molecule is CCCC(C)(N)C(=O)Nc1cnccc1C.Cl.Cl. The topological polar surface area (TPSA) is 68.0 Å². The van der Waals surface area contributed by atoms with E-state index in [1.54, 1.807) is 19.3 Å². The Kier molecular flexibility index (Phi) is 8.99. The lowest BCUT2D eigenvalue weighted by Gasteiger charge is -2.23. The highest BCUT2D eigenvalue weighted by molar-refractivity contribution is 5.97. The van der Waals surface area contributed by atoms with E-state index in [1.807, 2.05) is 19.9 Å². The predicted molar refractivity (Wildman–Crippen MR) is 79.6 cm³/mol. The summed E-state index contributed by atoms with van der Waals surface area (Å²) >= 11 is 0. The first-order valence-electron chi connectivity index (χ1n) is 5.48. The number of nitrogens with zero attached hydrogens (tertiary/aromatic N) is 1. The fourth-order valence-electron chi connectivity index (χ4n) is 1.49. The molecule has 0 aliphatic rings. The Morgan fingerprint density at radius 3 is 2.61 bits per heavy atom. The number of nitrogens with two attached hydrogens (primary N) is 1. The maximum Gasteiger partial charge on any atom is 0.244 e. The number of aryl methyl sites for hydroxylation is 1. The van der Waals surface area contributed by atoms with E-state index in [4.69, 9.17) is 5.73 Å². The molecule has 0 aliphatic carbocycles. The van der Waals surface area contributed by atoms with Gasteiger partial charge in [0.2, 0.25) is 5.91 Å². The fraction of sp³-hybridized carbons (Fsp3) is 0.500. The zero-order valence-electron chi connectivity index (χ0n) is 10.9. The van der Waals surface area contributed by atoms with Gasteiger partial charge in [0.05, 0.1) is 17.4 Å². The van der Waals surface area contributed by atoms with E-state index in [-0.39, 0.29) is 30.7 Å². The number of aromatic nitrogens is 1. The molecule has 0 radical (unpaired) electrons. The molecule has 6 heteroatoms. The van der Waals surface area contributed by atoms with E-state index in [0.717, 1.165) is 17.7 Å². The molecule has 0 saturated heterocycles. The van der Waals surface area contributed by atoms with Crippen molar-refractivity contribution in [1.29, 1.82) is 0 Å². The summed E-state index contributed by atoms with van der Waals surface area (Å²) < 4.78 is 0. The van der Waals surface area contributed by atoms with Gasteiger partial charge in [-0.25, -0.2) is 0 Å². The lowest BCUT2D eigenvalue weighted by molar-refractivity contribution is -0.120. The van der Waals surface area contributed by atoms with Gasteiger partial charge in [0.25, 0.3) is 0 Å². The number of carbonyl (C=O) groups excluding carboxylic acids is 1. The average Bonchev–Trinajstić information content (AvgIpc) is 2.21. The first-order valence-corrected chi connectivity index (χ1v) is 5.48. The van der Waals surface area contributed by atoms with Gasteiger partial charge < -0.3 is 11.1 Å². The molecule has 1 aromatic heterocycles. The summed E-state index contributed by atoms with van der Waals surface area (Å²) in [5.41, 5.74) is 6.82. The summed E-state index contributed by atoms with van der Waals surface area (Å²) in [7, 11) is 0. The van der Waals surface area contributed by atoms with Gasteiger partial charge in [-0.2, -0.15) is 0 Å². The van der Waals surface area contributed by atoms with Crippen LogP contribution in [0.5, 0.6) is 0 Å². The maximum atomic E-state index is 11.9. The molecule has 3 N–H and O–H groups in total. The predicted octanol–water partition coefficient (Wildman–Crippen LogP) is 2.69. The van der Waals surface area contributed by atoms with Crippen LogP contribution in [0.2, 0.25) is 0 Å². The summed E-state index contributed by atoms with van der Waals surface area (Å²) in [6.45, 7) is 5.68. The standard InChI is InChI=1S/C12H19N3O.2ClH/c1-4-6-12(3,13)11(16)15-10-8-14-7-5-9(10)2;;/h5,7-8H,4,6,13H2,1-3H3,(H,15,16);2*1H. The van der Waals surface area contributed by atoms with E-state index < -0.39 is 5.54 Å². The van der Waals surface area contributed by atoms with Crippen LogP contribution in [-0.2, 0) is 4.79 Å². The summed E-state index contributed by atoms with van der Waals surface area (Å²) in [6, 6.07) is 1.85. The molecule has 0 spiro atoms. The molecule has 0 saturated carbocycles. The molecular weight excluding hydrogens is 273 g/mol. The monoisotopic (exact) mass is 293 g/mol. The van der Waals surface area contributed by atoms with Crippen LogP contribution < -0.4 is 11.1 Å². The van der Waals surface area contributed by atoms with Crippen molar-refractivity contribution in [1.82, 2.24) is 4.98 Å². The van der Waals surface area contributed by atoms with Crippen LogP contribution in [0, 0.1) is 6.92 Å². The van der Waals surface area contributed by atoms with Gasteiger partial charge in [-0.15, -0.1) is 24.8 Å². The summed E-state index contributed by atoms with van der Waals surface area (Å²) in [6.07, 6.45) is 4.87. The van der Waals surface area contributed by atoms with Crippen molar-refractivity contribution in [3.8, 4) is 0 Å². The molecule has 1 amide bonds. The van der Waals surface area contributed by atoms with Crippen molar-refractivity contribution >= 4 is 36.4 Å². The molecule has 1 heterocycles. The minimum Gasteiger partial charge on any atom is -0.323 e. The number of halogens is 2. The highest BCUT2D eigenvalue weighted by atomic mass is 35.5. The number of anilines is 1. The third-order valence-electron chi connectivity index (χ3n) is 2.58. The molecule has 18 heavy (non-hydrogen) atoms. The smallest absolute Gasteiger partial charge is 0.244 e. The van der Waals surface area contributed by atoms with Crippen molar-refractivity contribution in [3.05, 3.63) is 24.0 Å². The van der Waals surface area contributed by atoms with Crippen LogP contribution in [0.1, 0.15) is 32.3 Å². The molecule has 0 fully saturated rings. The van der Waals surface area contributed by atoms with Crippen LogP contribution in [0.4, 0.5) is 5.69 Å². The first-order chi connectivity index (χ1) is 7.47. The summed E-state index contributed by atoms with van der Waals surface area (Å²) in [5.74, 6) is -0.162. The van der Waals surface area contributed by atoms with Crippen LogP contribution >= 0.6 is 24.8 Å². The molecule has 0 aliphatic heterocycles. The third-order valence-corrected chi connectivity index (χ3v) is 2.58. The second-order valence-corrected chi connectivity index (χ2v) is 4.31. The van der Waals surface area contributed by atoms with Crippen LogP contribution in [-0.4, -0.2) is 16.4 Å². The van der Waals surface area contributed by atoms with Crippen molar-refractivity contribution in [2.45, 2.75) is 39.2 Å². The second kappa shape index (κ2) is 8.29. The first kappa shape index (κ1) is 19.5. The van der Waals surface area contributed by atoms with Crippen molar-refractivity contribution in [3.63, 3.8) is 0 Å². The van der Waals surface area contributed by atoms with E-state index >= 15 is 0 Å². The highest BCUT2D eigenvalue weighted by Crippen LogP contribution is 2.15. The molecule has 1 aromatic rings. The Morgan fingerprint density at radius 1 is 1.50 bits per heavy atom. The fourth-order valence-corrected chi connectivity index (χ4v) is 1.49. The highest BCUT2D eigenvalue weighted by Gasteiger charge is 2.27. The van der Waals surface area contributed by atoms with Crippen LogP contribution in [0.15, 0.2) is 18.5 Å². The number of pyridine rings is 1. The molecule has 1 unspecified atom stereocenters. The van der Waals surface area contributed by atoms with Crippen LogP contribution in [0.25, 0.3) is 0 Å². The minimum atomic E-state index is -0.822. The zero-order valence-corrected chi connectivity index (χ0v) is 12.5. The Balaban J connectivity index is 0. The zero-order chi connectivity index (χ0) is 12.2. The number of amides is 1. The molecule has 1 atom stereocenters. The molecule has 4 nitrogen and oxygen atoms in total. The lowest BCUT2D eigenvalue weighted by Crippen LogP contribution is -2.48. The molecule has 1 rings (SSSR count). The Labute approximate surface area is 121 Å². The lowest BCUT2D eigenvalue weighted by atomic mass is 9.96. The van der Waals surface area contributed by atoms with Crippen molar-refractivity contribution in [2.75, 3.05) is 5.32 Å². The summed E-state index contributed by atoms with van der Waals surface area (Å²) in [5, 5.41) is 2.81. The quantitative estimate of drug-likeness (QED) is 0.897.